The van der Waals surface area contributed by atoms with Crippen LogP contribution in [-0.2, 0) is 0 Å². The molecule has 4 nitrogen and oxygen atoms in total. The minimum atomic E-state index is 0.600. The van der Waals surface area contributed by atoms with Crippen molar-refractivity contribution in [3.05, 3.63) is 187 Å². The maximum absolute atomic E-state index is 10.2. The molecule has 0 aliphatic heterocycles. The molecule has 0 spiro atoms. The number of nitriles is 1. The molecule has 0 fully saturated rings. The van der Waals surface area contributed by atoms with Crippen LogP contribution in [0, 0.1) is 17.9 Å². The van der Waals surface area contributed by atoms with E-state index >= 15 is 0 Å². The summed E-state index contributed by atoms with van der Waals surface area (Å²) in [5.74, 6) is 0. The summed E-state index contributed by atoms with van der Waals surface area (Å²) in [4.78, 5) is 3.92. The van der Waals surface area contributed by atoms with Crippen molar-refractivity contribution in [3.8, 4) is 39.7 Å². The molecule has 0 saturated heterocycles. The Hall–Kier alpha value is -7.44. The SMILES string of the molecule is [C-]#[N+]c1cc(-c2ccc3sc4ccc(-c5cc(C#N)cc(-n6c7ccccc7c7ccccc76)c5)cc4c3c2)cc(-n2c3ccccc3c3ccccc32)c1. The zero-order valence-electron chi connectivity index (χ0n) is 29.4. The number of thiophene rings is 1. The number of rotatable bonds is 4. The Balaban J connectivity index is 1.06. The number of aromatic nitrogens is 2. The molecule has 8 aromatic carbocycles. The second-order valence-corrected chi connectivity index (χ2v) is 15.1. The highest BCUT2D eigenvalue weighted by atomic mass is 32.1. The van der Waals surface area contributed by atoms with Crippen LogP contribution in [0.15, 0.2) is 170 Å². The third-order valence-corrected chi connectivity index (χ3v) is 12.0. The van der Waals surface area contributed by atoms with Crippen molar-refractivity contribution in [2.45, 2.75) is 0 Å². The molecule has 3 aromatic heterocycles. The number of hydrogen-bond donors (Lipinski definition) is 0. The van der Waals surface area contributed by atoms with Gasteiger partial charge in [0.15, 0.2) is 5.69 Å². The van der Waals surface area contributed by atoms with Gasteiger partial charge in [0.05, 0.1) is 40.3 Å². The summed E-state index contributed by atoms with van der Waals surface area (Å²) in [5, 5.41) is 17.3. The minimum Gasteiger partial charge on any atom is -0.310 e. The van der Waals surface area contributed by atoms with Gasteiger partial charge in [0, 0.05) is 53.1 Å². The van der Waals surface area contributed by atoms with Crippen molar-refractivity contribution in [1.82, 2.24) is 9.13 Å². The van der Waals surface area contributed by atoms with E-state index in [1.54, 1.807) is 11.3 Å². The van der Waals surface area contributed by atoms with Gasteiger partial charge in [-0.25, -0.2) is 4.85 Å². The van der Waals surface area contributed by atoms with Gasteiger partial charge in [-0.2, -0.15) is 5.26 Å². The lowest BCUT2D eigenvalue weighted by Gasteiger charge is -2.12. The number of para-hydroxylation sites is 4. The van der Waals surface area contributed by atoms with Gasteiger partial charge in [-0.15, -0.1) is 11.3 Å². The molecular formula is C50H28N4S. The van der Waals surface area contributed by atoms with Gasteiger partial charge in [-0.1, -0.05) is 84.9 Å². The van der Waals surface area contributed by atoms with E-state index in [0.717, 1.165) is 55.7 Å². The van der Waals surface area contributed by atoms with Crippen molar-refractivity contribution < 1.29 is 0 Å². The quantitative estimate of drug-likeness (QED) is 0.167. The molecule has 0 amide bonds. The predicted octanol–water partition coefficient (Wildman–Crippen LogP) is 14.0. The summed E-state index contributed by atoms with van der Waals surface area (Å²) in [6, 6.07) is 61.9. The Morgan fingerprint density at radius 3 is 1.33 bits per heavy atom. The summed E-state index contributed by atoms with van der Waals surface area (Å²) < 4.78 is 6.95. The molecule has 0 aliphatic carbocycles. The van der Waals surface area contributed by atoms with Crippen LogP contribution in [0.3, 0.4) is 0 Å². The predicted molar refractivity (Wildman–Crippen MR) is 230 cm³/mol. The van der Waals surface area contributed by atoms with Gasteiger partial charge in [0.2, 0.25) is 0 Å². The molecule has 5 heteroatoms. The van der Waals surface area contributed by atoms with Crippen LogP contribution < -0.4 is 0 Å². The molecule has 0 saturated carbocycles. The van der Waals surface area contributed by atoms with Crippen LogP contribution in [-0.4, -0.2) is 9.13 Å². The average Bonchev–Trinajstić information content (AvgIpc) is 3.90. The van der Waals surface area contributed by atoms with Crippen LogP contribution in [0.1, 0.15) is 5.56 Å². The van der Waals surface area contributed by atoms with Crippen LogP contribution in [0.4, 0.5) is 5.69 Å². The van der Waals surface area contributed by atoms with E-state index in [2.05, 4.69) is 166 Å². The number of hydrogen-bond acceptors (Lipinski definition) is 2. The lowest BCUT2D eigenvalue weighted by Crippen LogP contribution is -1.96. The molecule has 0 N–H and O–H groups in total. The summed E-state index contributed by atoms with van der Waals surface area (Å²) >= 11 is 1.78. The first-order chi connectivity index (χ1) is 27.1. The van der Waals surface area contributed by atoms with Crippen molar-refractivity contribution in [2.75, 3.05) is 0 Å². The summed E-state index contributed by atoms with van der Waals surface area (Å²) in [6.07, 6.45) is 0. The van der Waals surface area contributed by atoms with Gasteiger partial charge in [-0.05, 0) is 107 Å². The van der Waals surface area contributed by atoms with Gasteiger partial charge in [0.25, 0.3) is 0 Å². The third-order valence-electron chi connectivity index (χ3n) is 10.9. The summed E-state index contributed by atoms with van der Waals surface area (Å²) in [6.45, 7) is 8.04. The van der Waals surface area contributed by atoms with Gasteiger partial charge < -0.3 is 9.13 Å². The first-order valence-corrected chi connectivity index (χ1v) is 19.0. The molecular weight excluding hydrogens is 689 g/mol. The Morgan fingerprint density at radius 2 is 0.873 bits per heavy atom. The van der Waals surface area contributed by atoms with Crippen molar-refractivity contribution in [1.29, 1.82) is 5.26 Å². The normalized spacial score (nSPS) is 11.6. The summed E-state index contributed by atoms with van der Waals surface area (Å²) in [5.41, 5.74) is 11.7. The average molecular weight is 717 g/mol. The van der Waals surface area contributed by atoms with Gasteiger partial charge >= 0.3 is 0 Å². The molecule has 0 bridgehead atoms. The fourth-order valence-corrected chi connectivity index (χ4v) is 9.53. The van der Waals surface area contributed by atoms with E-state index < -0.39 is 0 Å². The molecule has 11 rings (SSSR count). The highest BCUT2D eigenvalue weighted by molar-refractivity contribution is 7.25. The van der Waals surface area contributed by atoms with E-state index in [1.165, 1.54) is 41.7 Å². The molecule has 11 aromatic rings. The molecule has 3 heterocycles. The van der Waals surface area contributed by atoms with E-state index in [1.807, 2.05) is 24.3 Å². The minimum absolute atomic E-state index is 0.600. The third kappa shape index (κ3) is 4.82. The zero-order chi connectivity index (χ0) is 36.6. The largest absolute Gasteiger partial charge is 0.310 e. The first-order valence-electron chi connectivity index (χ1n) is 18.2. The molecule has 0 radical (unpaired) electrons. The Kier molecular flexibility index (Phi) is 6.82. The number of benzene rings is 8. The second kappa shape index (κ2) is 12.0. The van der Waals surface area contributed by atoms with Crippen molar-refractivity contribution in [3.63, 3.8) is 0 Å². The number of fused-ring (bicyclic) bond motifs is 9. The number of nitrogens with zero attached hydrogens (tertiary/aromatic N) is 4. The van der Waals surface area contributed by atoms with Gasteiger partial charge in [-0.3, -0.25) is 0 Å². The molecule has 0 aliphatic rings. The second-order valence-electron chi connectivity index (χ2n) is 14.0. The van der Waals surface area contributed by atoms with Crippen LogP contribution >= 0.6 is 11.3 Å². The molecule has 254 valence electrons. The Morgan fingerprint density at radius 1 is 0.436 bits per heavy atom. The summed E-state index contributed by atoms with van der Waals surface area (Å²) in [7, 11) is 0. The van der Waals surface area contributed by atoms with E-state index in [-0.39, 0.29) is 0 Å². The first kappa shape index (κ1) is 31.1. The van der Waals surface area contributed by atoms with Crippen LogP contribution in [0.2, 0.25) is 0 Å². The Bertz CT molecular complexity index is 3140. The fraction of sp³-hybridized carbons (Fsp3) is 0. The Labute approximate surface area is 320 Å². The highest BCUT2D eigenvalue weighted by Crippen LogP contribution is 2.41. The standard InChI is InChI=1S/C50H28N4S/c1-52-36-24-35(26-38(29-36)54-47-16-8-4-12-41(47)42-13-5-9-17-48(42)54)33-19-21-50-44(28-33)43-27-32(18-20-49(43)55-50)34-22-31(30-51)23-37(25-34)53-45-14-6-2-10-39(45)40-11-3-7-15-46(40)53/h2-29H. The lowest BCUT2D eigenvalue weighted by atomic mass is 9.98. The van der Waals surface area contributed by atoms with Crippen LogP contribution in [0.5, 0.6) is 0 Å². The zero-order valence-corrected chi connectivity index (χ0v) is 30.2. The monoisotopic (exact) mass is 716 g/mol. The van der Waals surface area contributed by atoms with Crippen molar-refractivity contribution in [2.24, 2.45) is 0 Å². The fourth-order valence-electron chi connectivity index (χ4n) is 8.46. The maximum Gasteiger partial charge on any atom is 0.189 e. The van der Waals surface area contributed by atoms with E-state index in [0.29, 0.717) is 11.3 Å². The van der Waals surface area contributed by atoms with E-state index in [4.69, 9.17) is 6.57 Å². The van der Waals surface area contributed by atoms with E-state index in [9.17, 15) is 5.26 Å². The molecule has 0 atom stereocenters. The topological polar surface area (TPSA) is 38.0 Å². The maximum atomic E-state index is 10.2. The smallest absolute Gasteiger partial charge is 0.189 e. The van der Waals surface area contributed by atoms with Crippen LogP contribution in [0.25, 0.3) is 102 Å². The molecule has 0 unspecified atom stereocenters. The lowest BCUT2D eigenvalue weighted by molar-refractivity contribution is 1.18. The van der Waals surface area contributed by atoms with Gasteiger partial charge in [0.1, 0.15) is 0 Å². The highest BCUT2D eigenvalue weighted by Gasteiger charge is 2.17. The molecule has 55 heavy (non-hydrogen) atoms. The van der Waals surface area contributed by atoms with Crippen molar-refractivity contribution >= 4 is 80.8 Å².